The third-order valence-electron chi connectivity index (χ3n) is 3.86. The molecule has 0 bridgehead atoms. The summed E-state index contributed by atoms with van der Waals surface area (Å²) in [5.41, 5.74) is 0.0312. The van der Waals surface area contributed by atoms with E-state index in [9.17, 15) is 4.79 Å². The van der Waals surface area contributed by atoms with E-state index in [1.54, 1.807) is 0 Å². The van der Waals surface area contributed by atoms with Gasteiger partial charge >= 0.3 is 0 Å². The molecule has 1 fully saturated rings. The van der Waals surface area contributed by atoms with E-state index in [1.807, 2.05) is 0 Å². The summed E-state index contributed by atoms with van der Waals surface area (Å²) in [6.07, 6.45) is 2.38. The second-order valence-corrected chi connectivity index (χ2v) is 6.40. The maximum atomic E-state index is 11.7. The highest BCUT2D eigenvalue weighted by atomic mass is 35.5. The van der Waals surface area contributed by atoms with Crippen LogP contribution in [0.5, 0.6) is 0 Å². The van der Waals surface area contributed by atoms with Crippen molar-refractivity contribution in [3.8, 4) is 0 Å². The van der Waals surface area contributed by atoms with Gasteiger partial charge in [-0.3, -0.25) is 9.69 Å². The maximum absolute atomic E-state index is 11.7. The van der Waals surface area contributed by atoms with Crippen LogP contribution in [0.3, 0.4) is 0 Å². The van der Waals surface area contributed by atoms with E-state index in [0.717, 1.165) is 45.6 Å². The fourth-order valence-corrected chi connectivity index (χ4v) is 2.50. The molecule has 1 heterocycles. The van der Waals surface area contributed by atoms with E-state index in [4.69, 9.17) is 11.6 Å². The van der Waals surface area contributed by atoms with Gasteiger partial charge in [-0.1, -0.05) is 0 Å². The third-order valence-corrected chi connectivity index (χ3v) is 4.13. The number of hydrogen-bond donors (Lipinski definition) is 1. The lowest BCUT2D eigenvalue weighted by atomic mass is 10.0. The highest BCUT2D eigenvalue weighted by Crippen LogP contribution is 2.15. The van der Waals surface area contributed by atoms with Crippen molar-refractivity contribution in [1.29, 1.82) is 0 Å². The number of nitrogens with zero attached hydrogens (tertiary/aromatic N) is 2. The van der Waals surface area contributed by atoms with Crippen molar-refractivity contribution in [2.45, 2.75) is 38.6 Å². The van der Waals surface area contributed by atoms with Gasteiger partial charge in [-0.05, 0) is 33.7 Å². The fraction of sp³-hybridized carbons (Fsp3) is 0.929. The molecule has 0 aliphatic carbocycles. The van der Waals surface area contributed by atoms with Crippen molar-refractivity contribution in [1.82, 2.24) is 15.1 Å². The van der Waals surface area contributed by atoms with Gasteiger partial charge in [-0.2, -0.15) is 0 Å². The minimum atomic E-state index is 0.0312. The molecule has 4 nitrogen and oxygen atoms in total. The van der Waals surface area contributed by atoms with E-state index in [2.05, 4.69) is 36.0 Å². The van der Waals surface area contributed by atoms with Gasteiger partial charge in [0.1, 0.15) is 0 Å². The molecule has 1 aliphatic rings. The van der Waals surface area contributed by atoms with Crippen LogP contribution in [0, 0.1) is 0 Å². The largest absolute Gasteiger partial charge is 0.354 e. The highest BCUT2D eigenvalue weighted by molar-refractivity contribution is 6.17. The Morgan fingerprint density at radius 3 is 2.42 bits per heavy atom. The van der Waals surface area contributed by atoms with Crippen LogP contribution >= 0.6 is 11.6 Å². The zero-order valence-corrected chi connectivity index (χ0v) is 13.3. The molecule has 0 saturated carbocycles. The molecular formula is C14H28ClN3O. The fourth-order valence-electron chi connectivity index (χ4n) is 2.31. The lowest BCUT2D eigenvalue weighted by Crippen LogP contribution is -2.57. The molecule has 0 aromatic rings. The number of amides is 1. The number of piperazine rings is 1. The van der Waals surface area contributed by atoms with E-state index >= 15 is 0 Å². The quantitative estimate of drug-likeness (QED) is 0.570. The van der Waals surface area contributed by atoms with Gasteiger partial charge in [0.2, 0.25) is 5.91 Å². The summed E-state index contributed by atoms with van der Waals surface area (Å²) in [5.74, 6) is 0.785. The van der Waals surface area contributed by atoms with Crippen molar-refractivity contribution in [3.05, 3.63) is 0 Å². The molecule has 0 atom stereocenters. The molecule has 0 aromatic carbocycles. The van der Waals surface area contributed by atoms with Gasteiger partial charge in [0.05, 0.1) is 0 Å². The number of nitrogens with one attached hydrogen (secondary N) is 1. The summed E-state index contributed by atoms with van der Waals surface area (Å²) in [4.78, 5) is 16.5. The Bertz CT molecular complexity index is 276. The summed E-state index contributed by atoms with van der Waals surface area (Å²) in [5, 5.41) is 3.05. The number of carbonyl (C=O) groups excluding carboxylic acids is 1. The zero-order chi connectivity index (χ0) is 14.3. The minimum Gasteiger partial charge on any atom is -0.354 e. The zero-order valence-electron chi connectivity index (χ0n) is 12.5. The van der Waals surface area contributed by atoms with Gasteiger partial charge in [0.15, 0.2) is 0 Å². The lowest BCUT2D eigenvalue weighted by molar-refractivity contribution is -0.121. The predicted octanol–water partition coefficient (Wildman–Crippen LogP) is 1.54. The van der Waals surface area contributed by atoms with E-state index in [1.165, 1.54) is 0 Å². The normalized spacial score (nSPS) is 18.5. The predicted molar refractivity (Wildman–Crippen MR) is 80.7 cm³/mol. The topological polar surface area (TPSA) is 35.6 Å². The first kappa shape index (κ1) is 16.7. The summed E-state index contributed by atoms with van der Waals surface area (Å²) >= 11 is 5.61. The van der Waals surface area contributed by atoms with Crippen LogP contribution < -0.4 is 5.32 Å². The van der Waals surface area contributed by atoms with Crippen molar-refractivity contribution in [2.75, 3.05) is 45.7 Å². The van der Waals surface area contributed by atoms with Crippen molar-refractivity contribution in [2.24, 2.45) is 0 Å². The van der Waals surface area contributed by atoms with Crippen LogP contribution in [0.2, 0.25) is 0 Å². The van der Waals surface area contributed by atoms with Crippen LogP contribution in [0.4, 0.5) is 0 Å². The van der Waals surface area contributed by atoms with Crippen LogP contribution in [-0.4, -0.2) is 66.9 Å². The molecule has 1 rings (SSSR count). The third kappa shape index (κ3) is 6.11. The van der Waals surface area contributed by atoms with Gasteiger partial charge in [0.25, 0.3) is 0 Å². The Balaban J connectivity index is 2.27. The first-order valence-corrected chi connectivity index (χ1v) is 7.75. The molecule has 5 heteroatoms. The number of hydrogen-bond acceptors (Lipinski definition) is 3. The molecule has 19 heavy (non-hydrogen) atoms. The first-order valence-electron chi connectivity index (χ1n) is 7.22. The van der Waals surface area contributed by atoms with Crippen molar-refractivity contribution >= 4 is 17.5 Å². The average molecular weight is 290 g/mol. The second kappa shape index (κ2) is 8.08. The molecule has 0 unspecified atom stereocenters. The molecule has 1 N–H and O–H groups in total. The van der Waals surface area contributed by atoms with E-state index < -0.39 is 0 Å². The number of alkyl halides is 1. The van der Waals surface area contributed by atoms with Crippen LogP contribution in [0.15, 0.2) is 0 Å². The molecule has 1 aliphatic heterocycles. The van der Waals surface area contributed by atoms with Gasteiger partial charge in [0, 0.05) is 50.6 Å². The molecule has 1 saturated heterocycles. The Morgan fingerprint density at radius 1 is 1.21 bits per heavy atom. The monoisotopic (exact) mass is 289 g/mol. The summed E-state index contributed by atoms with van der Waals surface area (Å²) in [6, 6.07) is 0. The second-order valence-electron chi connectivity index (χ2n) is 6.03. The molecule has 1 amide bonds. The minimum absolute atomic E-state index is 0.0312. The van der Waals surface area contributed by atoms with Gasteiger partial charge < -0.3 is 10.2 Å². The van der Waals surface area contributed by atoms with Crippen LogP contribution in [-0.2, 0) is 4.79 Å². The van der Waals surface area contributed by atoms with Crippen molar-refractivity contribution < 1.29 is 4.79 Å². The smallest absolute Gasteiger partial charge is 0.220 e. The van der Waals surface area contributed by atoms with E-state index in [0.29, 0.717) is 12.3 Å². The SMILES string of the molecule is CN1CCN(C(C)(C)CNC(=O)CCCCCl)CC1. The van der Waals surface area contributed by atoms with Gasteiger partial charge in [-0.15, -0.1) is 11.6 Å². The Hall–Kier alpha value is -0.320. The van der Waals surface area contributed by atoms with Crippen LogP contribution in [0.1, 0.15) is 33.1 Å². The summed E-state index contributed by atoms with van der Waals surface area (Å²) in [7, 11) is 2.16. The Labute approximate surface area is 122 Å². The molecule has 0 spiro atoms. The molecule has 0 radical (unpaired) electrons. The summed E-state index contributed by atoms with van der Waals surface area (Å²) < 4.78 is 0. The van der Waals surface area contributed by atoms with Crippen LogP contribution in [0.25, 0.3) is 0 Å². The molecule has 112 valence electrons. The van der Waals surface area contributed by atoms with E-state index in [-0.39, 0.29) is 11.4 Å². The standard InChI is InChI=1S/C14H28ClN3O/c1-14(2,18-10-8-17(3)9-11-18)12-16-13(19)6-4-5-7-15/h4-12H2,1-3H3,(H,16,19). The van der Waals surface area contributed by atoms with Gasteiger partial charge in [-0.25, -0.2) is 0 Å². The number of carbonyl (C=O) groups is 1. The Morgan fingerprint density at radius 2 is 1.84 bits per heavy atom. The molecule has 0 aromatic heterocycles. The Kier molecular flexibility index (Phi) is 7.11. The number of unbranched alkanes of at least 4 members (excludes halogenated alkanes) is 1. The average Bonchev–Trinajstić information content (AvgIpc) is 2.37. The summed E-state index contributed by atoms with van der Waals surface area (Å²) in [6.45, 7) is 9.49. The maximum Gasteiger partial charge on any atom is 0.220 e. The van der Waals surface area contributed by atoms with Crippen molar-refractivity contribution in [3.63, 3.8) is 0 Å². The number of rotatable bonds is 7. The first-order chi connectivity index (χ1) is 8.95. The number of likely N-dealkylation sites (N-methyl/N-ethyl adjacent to an activating group) is 1. The molecular weight excluding hydrogens is 262 g/mol. The highest BCUT2D eigenvalue weighted by Gasteiger charge is 2.29. The number of halogens is 1. The lowest BCUT2D eigenvalue weighted by Gasteiger charge is -2.43.